The number of likely N-dealkylation sites (N-methyl/N-ethyl adjacent to an activating group) is 1. The number of hydrogen-bond donors (Lipinski definition) is 0. The van der Waals surface area contributed by atoms with E-state index in [1.54, 1.807) is 0 Å². The van der Waals surface area contributed by atoms with E-state index in [0.29, 0.717) is 12.8 Å². The van der Waals surface area contributed by atoms with Gasteiger partial charge in [-0.1, -0.05) is 11.2 Å². The van der Waals surface area contributed by atoms with E-state index in [4.69, 9.17) is 4.52 Å². The lowest BCUT2D eigenvalue weighted by atomic mass is 10.0. The fourth-order valence-electron chi connectivity index (χ4n) is 3.49. The van der Waals surface area contributed by atoms with Crippen molar-refractivity contribution in [1.29, 1.82) is 0 Å². The minimum Gasteiger partial charge on any atom is -0.361 e. The predicted octanol–water partition coefficient (Wildman–Crippen LogP) is 2.75. The number of amides is 1. The molecular weight excluding hydrogens is 316 g/mol. The highest BCUT2D eigenvalue weighted by Gasteiger charge is 2.26. The van der Waals surface area contributed by atoms with Crippen molar-refractivity contribution in [3.8, 4) is 0 Å². The summed E-state index contributed by atoms with van der Waals surface area (Å²) in [6.07, 6.45) is 5.09. The molecule has 1 amide bonds. The molecule has 0 N–H and O–H groups in total. The molecule has 0 unspecified atom stereocenters. The first kappa shape index (κ1) is 17.5. The van der Waals surface area contributed by atoms with Gasteiger partial charge in [0.25, 0.3) is 0 Å². The molecule has 3 heterocycles. The Balaban J connectivity index is 1.58. The molecule has 134 valence electrons. The van der Waals surface area contributed by atoms with Gasteiger partial charge in [-0.15, -0.1) is 0 Å². The number of rotatable bonds is 5. The molecular formula is C19H26N4O2. The number of carbonyl (C=O) groups excluding carboxylic acids is 1. The zero-order valence-corrected chi connectivity index (χ0v) is 15.2. The van der Waals surface area contributed by atoms with E-state index in [1.807, 2.05) is 50.2 Å². The summed E-state index contributed by atoms with van der Waals surface area (Å²) in [5.41, 5.74) is 1.94. The second-order valence-electron chi connectivity index (χ2n) is 6.74. The van der Waals surface area contributed by atoms with Gasteiger partial charge in [-0.05, 0) is 45.2 Å². The molecule has 0 radical (unpaired) electrons. The first-order valence-corrected chi connectivity index (χ1v) is 8.89. The van der Waals surface area contributed by atoms with Crippen LogP contribution in [0.4, 0.5) is 5.82 Å². The second kappa shape index (κ2) is 7.68. The number of piperidine rings is 1. The quantitative estimate of drug-likeness (QED) is 0.836. The topological polar surface area (TPSA) is 62.5 Å². The van der Waals surface area contributed by atoms with E-state index in [0.717, 1.165) is 48.8 Å². The summed E-state index contributed by atoms with van der Waals surface area (Å²) in [6.45, 7) is 5.65. The molecule has 0 aliphatic carbocycles. The summed E-state index contributed by atoms with van der Waals surface area (Å²) in [4.78, 5) is 21.3. The van der Waals surface area contributed by atoms with Crippen LogP contribution >= 0.6 is 0 Å². The number of nitrogens with zero attached hydrogens (tertiary/aromatic N) is 4. The second-order valence-corrected chi connectivity index (χ2v) is 6.74. The first-order valence-electron chi connectivity index (χ1n) is 8.89. The largest absolute Gasteiger partial charge is 0.361 e. The summed E-state index contributed by atoms with van der Waals surface area (Å²) in [5, 5.41) is 3.96. The summed E-state index contributed by atoms with van der Waals surface area (Å²) in [7, 11) is 1.92. The molecule has 1 saturated heterocycles. The molecule has 0 spiro atoms. The molecule has 2 aromatic rings. The van der Waals surface area contributed by atoms with Crippen LogP contribution in [0.1, 0.15) is 36.3 Å². The average molecular weight is 342 g/mol. The smallest absolute Gasteiger partial charge is 0.222 e. The van der Waals surface area contributed by atoms with E-state index in [9.17, 15) is 4.79 Å². The lowest BCUT2D eigenvalue weighted by molar-refractivity contribution is -0.132. The van der Waals surface area contributed by atoms with Crippen molar-refractivity contribution >= 4 is 11.7 Å². The molecule has 25 heavy (non-hydrogen) atoms. The molecule has 1 atom stereocenters. The van der Waals surface area contributed by atoms with Crippen LogP contribution in [0.5, 0.6) is 0 Å². The monoisotopic (exact) mass is 342 g/mol. The van der Waals surface area contributed by atoms with Gasteiger partial charge in [0.1, 0.15) is 11.6 Å². The maximum Gasteiger partial charge on any atom is 0.222 e. The minimum absolute atomic E-state index is 0.174. The highest BCUT2D eigenvalue weighted by molar-refractivity contribution is 5.76. The first-order chi connectivity index (χ1) is 12.1. The Morgan fingerprint density at radius 1 is 1.40 bits per heavy atom. The van der Waals surface area contributed by atoms with E-state index < -0.39 is 0 Å². The van der Waals surface area contributed by atoms with Gasteiger partial charge in [-0.25, -0.2) is 4.98 Å². The summed E-state index contributed by atoms with van der Waals surface area (Å²) < 4.78 is 5.18. The molecule has 0 saturated carbocycles. The Bertz CT molecular complexity index is 694. The Morgan fingerprint density at radius 3 is 2.92 bits per heavy atom. The number of pyridine rings is 1. The van der Waals surface area contributed by atoms with Gasteiger partial charge in [0.05, 0.1) is 5.69 Å². The number of carbonyl (C=O) groups is 1. The molecule has 1 aliphatic heterocycles. The molecule has 6 nitrogen and oxygen atoms in total. The Morgan fingerprint density at radius 2 is 2.24 bits per heavy atom. The highest BCUT2D eigenvalue weighted by Crippen LogP contribution is 2.21. The lowest BCUT2D eigenvalue weighted by Gasteiger charge is -2.38. The van der Waals surface area contributed by atoms with Crippen molar-refractivity contribution in [1.82, 2.24) is 15.0 Å². The number of anilines is 1. The van der Waals surface area contributed by atoms with Gasteiger partial charge in [0.2, 0.25) is 5.91 Å². The van der Waals surface area contributed by atoms with Gasteiger partial charge in [0.15, 0.2) is 0 Å². The molecule has 1 aliphatic rings. The van der Waals surface area contributed by atoms with Gasteiger partial charge in [-0.3, -0.25) is 4.79 Å². The standard InChI is InChI=1S/C19H26N4O2/c1-14-17(15(2)25-21-14)9-10-19(24)22(3)16-7-6-12-23(13-16)18-8-4-5-11-20-18/h4-5,8,11,16H,6-7,9-10,12-13H2,1-3H3/t16-/m1/s1. The van der Waals surface area contributed by atoms with Crippen molar-refractivity contribution in [2.24, 2.45) is 0 Å². The Labute approximate surface area is 148 Å². The van der Waals surface area contributed by atoms with Crippen LogP contribution in [0.2, 0.25) is 0 Å². The Hall–Kier alpha value is -2.37. The van der Waals surface area contributed by atoms with E-state index in [-0.39, 0.29) is 11.9 Å². The third kappa shape index (κ3) is 4.00. The van der Waals surface area contributed by atoms with Gasteiger partial charge in [0, 0.05) is 44.4 Å². The molecule has 1 fully saturated rings. The average Bonchev–Trinajstić information content (AvgIpc) is 2.98. The summed E-state index contributed by atoms with van der Waals surface area (Å²) in [5.74, 6) is 1.98. The summed E-state index contributed by atoms with van der Waals surface area (Å²) >= 11 is 0. The van der Waals surface area contributed by atoms with Crippen molar-refractivity contribution in [2.75, 3.05) is 25.0 Å². The van der Waals surface area contributed by atoms with Crippen LogP contribution in [0.25, 0.3) is 0 Å². The van der Waals surface area contributed by atoms with Gasteiger partial charge >= 0.3 is 0 Å². The predicted molar refractivity (Wildman–Crippen MR) is 96.5 cm³/mol. The van der Waals surface area contributed by atoms with Crippen molar-refractivity contribution in [2.45, 2.75) is 45.6 Å². The van der Waals surface area contributed by atoms with E-state index in [2.05, 4.69) is 15.0 Å². The minimum atomic E-state index is 0.174. The van der Waals surface area contributed by atoms with E-state index >= 15 is 0 Å². The van der Waals surface area contributed by atoms with Crippen LogP contribution in [0.15, 0.2) is 28.9 Å². The molecule has 2 aromatic heterocycles. The zero-order chi connectivity index (χ0) is 17.8. The van der Waals surface area contributed by atoms with Crippen molar-refractivity contribution < 1.29 is 9.32 Å². The third-order valence-corrected chi connectivity index (χ3v) is 5.08. The van der Waals surface area contributed by atoms with Gasteiger partial charge < -0.3 is 14.3 Å². The highest BCUT2D eigenvalue weighted by atomic mass is 16.5. The van der Waals surface area contributed by atoms with Crippen LogP contribution < -0.4 is 4.90 Å². The maximum atomic E-state index is 12.6. The van der Waals surface area contributed by atoms with Crippen molar-refractivity contribution in [3.63, 3.8) is 0 Å². The number of aryl methyl sites for hydroxylation is 2. The van der Waals surface area contributed by atoms with Crippen LogP contribution in [0, 0.1) is 13.8 Å². The number of hydrogen-bond acceptors (Lipinski definition) is 5. The lowest BCUT2D eigenvalue weighted by Crippen LogP contribution is -2.48. The zero-order valence-electron chi connectivity index (χ0n) is 15.2. The molecule has 0 aromatic carbocycles. The van der Waals surface area contributed by atoms with Crippen LogP contribution in [0.3, 0.4) is 0 Å². The molecule has 6 heteroatoms. The summed E-state index contributed by atoms with van der Waals surface area (Å²) in [6, 6.07) is 6.19. The van der Waals surface area contributed by atoms with Gasteiger partial charge in [-0.2, -0.15) is 0 Å². The fraction of sp³-hybridized carbons (Fsp3) is 0.526. The normalized spacial score (nSPS) is 17.6. The molecule has 0 bridgehead atoms. The van der Waals surface area contributed by atoms with E-state index in [1.165, 1.54) is 0 Å². The van der Waals surface area contributed by atoms with Crippen LogP contribution in [-0.2, 0) is 11.2 Å². The van der Waals surface area contributed by atoms with Crippen molar-refractivity contribution in [3.05, 3.63) is 41.4 Å². The SMILES string of the molecule is Cc1noc(C)c1CCC(=O)N(C)[C@@H]1CCCN(c2ccccn2)C1. The third-order valence-electron chi connectivity index (χ3n) is 5.08. The van der Waals surface area contributed by atoms with Crippen LogP contribution in [-0.4, -0.2) is 47.1 Å². The molecule has 3 rings (SSSR count). The Kier molecular flexibility index (Phi) is 5.36. The number of aromatic nitrogens is 2. The fourth-order valence-corrected chi connectivity index (χ4v) is 3.49. The maximum absolute atomic E-state index is 12.6.